The Morgan fingerprint density at radius 1 is 1.24 bits per heavy atom. The third-order valence-electron chi connectivity index (χ3n) is 2.28. The van der Waals surface area contributed by atoms with E-state index >= 15 is 0 Å². The maximum Gasteiger partial charge on any atom is 0.418 e. The van der Waals surface area contributed by atoms with Gasteiger partial charge in [0.2, 0.25) is 0 Å². The fourth-order valence-electron chi connectivity index (χ4n) is 1.61. The average Bonchev–Trinajstić information content (AvgIpc) is 2.54. The fourth-order valence-corrected chi connectivity index (χ4v) is 1.61. The molecule has 1 aromatic carbocycles. The molecule has 0 saturated heterocycles. The predicted octanol–water partition coefficient (Wildman–Crippen LogP) is 3.83. The summed E-state index contributed by atoms with van der Waals surface area (Å²) in [5, 5.41) is 0. The standard InChI is InChI=1S/C10H7F5N2/c1-4-16-7-3-5(9(11)12)2-6(8(7)17-4)10(13,14)15/h2-3,9H,1H3,(H,16,17). The minimum atomic E-state index is -4.70. The molecule has 0 aliphatic carbocycles. The molecule has 2 aromatic rings. The topological polar surface area (TPSA) is 28.7 Å². The monoisotopic (exact) mass is 250 g/mol. The molecule has 7 heteroatoms. The van der Waals surface area contributed by atoms with Crippen LogP contribution < -0.4 is 0 Å². The van der Waals surface area contributed by atoms with Gasteiger partial charge < -0.3 is 4.98 Å². The second-order valence-corrected chi connectivity index (χ2v) is 3.59. The lowest BCUT2D eigenvalue weighted by molar-refractivity contribution is -0.136. The number of halogens is 5. The van der Waals surface area contributed by atoms with Gasteiger partial charge in [-0.1, -0.05) is 0 Å². The Bertz CT molecular complexity index is 556. The molecule has 0 fully saturated rings. The molecule has 0 radical (unpaired) electrons. The molecular weight excluding hydrogens is 243 g/mol. The molecular formula is C10H7F5N2. The first kappa shape index (κ1) is 11.8. The van der Waals surface area contributed by atoms with E-state index in [-0.39, 0.29) is 16.9 Å². The number of nitrogens with one attached hydrogen (secondary N) is 1. The maximum atomic E-state index is 12.7. The number of benzene rings is 1. The third kappa shape index (κ3) is 2.09. The maximum absolute atomic E-state index is 12.7. The van der Waals surface area contributed by atoms with E-state index in [9.17, 15) is 22.0 Å². The van der Waals surface area contributed by atoms with Crippen molar-refractivity contribution in [3.63, 3.8) is 0 Å². The number of aromatic amines is 1. The zero-order valence-corrected chi connectivity index (χ0v) is 8.57. The third-order valence-corrected chi connectivity index (χ3v) is 2.28. The molecule has 2 nitrogen and oxygen atoms in total. The van der Waals surface area contributed by atoms with Crippen LogP contribution in [-0.2, 0) is 6.18 Å². The van der Waals surface area contributed by atoms with Crippen molar-refractivity contribution < 1.29 is 22.0 Å². The average molecular weight is 250 g/mol. The summed E-state index contributed by atoms with van der Waals surface area (Å²) in [6, 6.07) is 1.42. The smallest absolute Gasteiger partial charge is 0.342 e. The van der Waals surface area contributed by atoms with Gasteiger partial charge in [0.05, 0.1) is 11.1 Å². The fraction of sp³-hybridized carbons (Fsp3) is 0.300. The van der Waals surface area contributed by atoms with Crippen LogP contribution in [0.3, 0.4) is 0 Å². The SMILES string of the molecule is Cc1nc2c(C(F)(F)F)cc(C(F)F)cc2[nH]1. The second kappa shape index (κ2) is 3.68. The van der Waals surface area contributed by atoms with Crippen LogP contribution in [0.25, 0.3) is 11.0 Å². The van der Waals surface area contributed by atoms with Gasteiger partial charge in [-0.3, -0.25) is 0 Å². The minimum Gasteiger partial charge on any atom is -0.342 e. The molecule has 0 bridgehead atoms. The first-order valence-electron chi connectivity index (χ1n) is 4.64. The molecule has 0 aliphatic heterocycles. The van der Waals surface area contributed by atoms with E-state index in [1.54, 1.807) is 0 Å². The highest BCUT2D eigenvalue weighted by Crippen LogP contribution is 2.36. The van der Waals surface area contributed by atoms with Crippen LogP contribution in [0.5, 0.6) is 0 Å². The summed E-state index contributed by atoms with van der Waals surface area (Å²) in [7, 11) is 0. The molecule has 0 spiro atoms. The summed E-state index contributed by atoms with van der Waals surface area (Å²) >= 11 is 0. The van der Waals surface area contributed by atoms with E-state index in [4.69, 9.17) is 0 Å². The Balaban J connectivity index is 2.78. The summed E-state index contributed by atoms with van der Waals surface area (Å²) < 4.78 is 63.0. The van der Waals surface area contributed by atoms with E-state index in [2.05, 4.69) is 9.97 Å². The molecule has 1 N–H and O–H groups in total. The minimum absolute atomic E-state index is 0.0346. The Morgan fingerprint density at radius 3 is 2.41 bits per heavy atom. The van der Waals surface area contributed by atoms with Gasteiger partial charge in [-0.05, 0) is 19.1 Å². The first-order valence-corrected chi connectivity index (χ1v) is 4.64. The summed E-state index contributed by atoms with van der Waals surface area (Å²) in [4.78, 5) is 6.18. The Hall–Kier alpha value is -1.66. The lowest BCUT2D eigenvalue weighted by atomic mass is 10.1. The molecule has 1 aromatic heterocycles. The Labute approximate surface area is 92.5 Å². The molecule has 0 amide bonds. The molecule has 0 unspecified atom stereocenters. The first-order chi connectivity index (χ1) is 7.79. The van der Waals surface area contributed by atoms with Crippen molar-refractivity contribution >= 4 is 11.0 Å². The largest absolute Gasteiger partial charge is 0.418 e. The second-order valence-electron chi connectivity index (χ2n) is 3.59. The van der Waals surface area contributed by atoms with Crippen molar-refractivity contribution in [2.75, 3.05) is 0 Å². The van der Waals surface area contributed by atoms with Crippen LogP contribution in [0.15, 0.2) is 12.1 Å². The van der Waals surface area contributed by atoms with Crippen LogP contribution in [0.1, 0.15) is 23.4 Å². The quantitative estimate of drug-likeness (QED) is 0.765. The number of imidazole rings is 1. The van der Waals surface area contributed by atoms with Crippen molar-refractivity contribution in [1.29, 1.82) is 0 Å². The summed E-state index contributed by atoms with van der Waals surface area (Å²) in [5.74, 6) is 0.247. The van der Waals surface area contributed by atoms with Crippen LogP contribution in [0.2, 0.25) is 0 Å². The van der Waals surface area contributed by atoms with Gasteiger partial charge in [-0.2, -0.15) is 13.2 Å². The van der Waals surface area contributed by atoms with Gasteiger partial charge in [0.25, 0.3) is 6.43 Å². The van der Waals surface area contributed by atoms with E-state index in [1.165, 1.54) is 6.92 Å². The molecule has 0 saturated carbocycles. The number of aromatic nitrogens is 2. The van der Waals surface area contributed by atoms with E-state index in [0.29, 0.717) is 6.07 Å². The number of rotatable bonds is 1. The van der Waals surface area contributed by atoms with Crippen LogP contribution in [0.4, 0.5) is 22.0 Å². The highest BCUT2D eigenvalue weighted by Gasteiger charge is 2.35. The summed E-state index contributed by atoms with van der Waals surface area (Å²) in [5.41, 5.74) is -2.19. The van der Waals surface area contributed by atoms with Crippen molar-refractivity contribution in [3.8, 4) is 0 Å². The predicted molar refractivity (Wildman–Crippen MR) is 50.8 cm³/mol. The van der Waals surface area contributed by atoms with Gasteiger partial charge in [0.15, 0.2) is 0 Å². The van der Waals surface area contributed by atoms with Crippen molar-refractivity contribution in [2.24, 2.45) is 0 Å². The number of fused-ring (bicyclic) bond motifs is 1. The normalized spacial score (nSPS) is 12.6. The van der Waals surface area contributed by atoms with E-state index < -0.39 is 23.7 Å². The number of nitrogens with zero attached hydrogens (tertiary/aromatic N) is 1. The van der Waals surface area contributed by atoms with Crippen molar-refractivity contribution in [1.82, 2.24) is 9.97 Å². The molecule has 0 aliphatic rings. The molecule has 2 rings (SSSR count). The van der Waals surface area contributed by atoms with Gasteiger partial charge in [-0.25, -0.2) is 13.8 Å². The zero-order chi connectivity index (χ0) is 12.8. The number of hydrogen-bond acceptors (Lipinski definition) is 1. The highest BCUT2D eigenvalue weighted by atomic mass is 19.4. The Kier molecular flexibility index (Phi) is 2.56. The van der Waals surface area contributed by atoms with Crippen LogP contribution >= 0.6 is 0 Å². The lowest BCUT2D eigenvalue weighted by Crippen LogP contribution is -2.07. The number of hydrogen-bond donors (Lipinski definition) is 1. The molecule has 92 valence electrons. The molecule has 17 heavy (non-hydrogen) atoms. The van der Waals surface area contributed by atoms with Gasteiger partial charge in [0.1, 0.15) is 11.3 Å². The van der Waals surface area contributed by atoms with Gasteiger partial charge in [0, 0.05) is 5.56 Å². The number of aryl methyl sites for hydroxylation is 1. The molecule has 1 heterocycles. The number of alkyl halides is 5. The summed E-state index contributed by atoms with van der Waals surface area (Å²) in [6.45, 7) is 1.46. The van der Waals surface area contributed by atoms with Gasteiger partial charge in [-0.15, -0.1) is 0 Å². The van der Waals surface area contributed by atoms with E-state index in [0.717, 1.165) is 6.07 Å². The summed E-state index contributed by atoms with van der Waals surface area (Å²) in [6.07, 6.45) is -7.66. The Morgan fingerprint density at radius 2 is 1.88 bits per heavy atom. The lowest BCUT2D eigenvalue weighted by Gasteiger charge is -2.09. The zero-order valence-electron chi connectivity index (χ0n) is 8.57. The number of H-pyrrole nitrogens is 1. The van der Waals surface area contributed by atoms with E-state index in [1.807, 2.05) is 0 Å². The van der Waals surface area contributed by atoms with Crippen molar-refractivity contribution in [2.45, 2.75) is 19.5 Å². The molecule has 0 atom stereocenters. The van der Waals surface area contributed by atoms with Crippen LogP contribution in [-0.4, -0.2) is 9.97 Å². The highest BCUT2D eigenvalue weighted by molar-refractivity contribution is 5.80. The van der Waals surface area contributed by atoms with Crippen molar-refractivity contribution in [3.05, 3.63) is 29.1 Å². The van der Waals surface area contributed by atoms with Crippen LogP contribution in [0, 0.1) is 6.92 Å². The van der Waals surface area contributed by atoms with Gasteiger partial charge >= 0.3 is 6.18 Å².